The maximum Gasteiger partial charge on any atom is 0.146 e. The van der Waals surface area contributed by atoms with E-state index in [9.17, 15) is 5.11 Å². The zero-order chi connectivity index (χ0) is 23.8. The molecule has 3 aromatic carbocycles. The van der Waals surface area contributed by atoms with Crippen LogP contribution < -0.4 is 0 Å². The van der Waals surface area contributed by atoms with E-state index in [0.717, 1.165) is 29.4 Å². The zero-order valence-corrected chi connectivity index (χ0v) is 20.6. The first-order valence-corrected chi connectivity index (χ1v) is 11.8. The van der Waals surface area contributed by atoms with Gasteiger partial charge >= 0.3 is 0 Å². The summed E-state index contributed by atoms with van der Waals surface area (Å²) < 4.78 is 0. The molecule has 1 atom stereocenters. The first-order valence-electron chi connectivity index (χ1n) is 11.8. The van der Waals surface area contributed by atoms with Crippen molar-refractivity contribution in [1.29, 1.82) is 0 Å². The van der Waals surface area contributed by atoms with Gasteiger partial charge in [0.2, 0.25) is 0 Å². The Hall–Kier alpha value is -3.14. The summed E-state index contributed by atoms with van der Waals surface area (Å²) in [7, 11) is 0. The first kappa shape index (κ1) is 23.0. The highest BCUT2D eigenvalue weighted by Crippen LogP contribution is 2.40. The van der Waals surface area contributed by atoms with E-state index in [1.54, 1.807) is 4.80 Å². The number of aromatic nitrogens is 3. The van der Waals surface area contributed by atoms with Crippen LogP contribution in [0.25, 0.3) is 16.7 Å². The van der Waals surface area contributed by atoms with Crippen molar-refractivity contribution >= 4 is 11.0 Å². The molecule has 0 aliphatic carbocycles. The van der Waals surface area contributed by atoms with Crippen LogP contribution in [0.2, 0.25) is 0 Å². The van der Waals surface area contributed by atoms with Gasteiger partial charge in [0.25, 0.3) is 0 Å². The van der Waals surface area contributed by atoms with Gasteiger partial charge < -0.3 is 5.11 Å². The molecule has 4 nitrogen and oxygen atoms in total. The Morgan fingerprint density at radius 3 is 2.00 bits per heavy atom. The monoisotopic (exact) mass is 441 g/mol. The van der Waals surface area contributed by atoms with Crippen molar-refractivity contribution in [3.8, 4) is 11.4 Å². The molecule has 0 aliphatic heterocycles. The highest BCUT2D eigenvalue weighted by molar-refractivity contribution is 5.73. The zero-order valence-electron chi connectivity index (χ0n) is 20.6. The predicted molar refractivity (Wildman–Crippen MR) is 136 cm³/mol. The molecule has 0 bridgehead atoms. The van der Waals surface area contributed by atoms with Crippen molar-refractivity contribution in [2.24, 2.45) is 5.41 Å². The van der Waals surface area contributed by atoms with Crippen LogP contribution in [0.4, 0.5) is 0 Å². The van der Waals surface area contributed by atoms with E-state index in [2.05, 4.69) is 88.1 Å². The molecule has 0 fully saturated rings. The number of fused-ring (bicyclic) bond motifs is 1. The van der Waals surface area contributed by atoms with Gasteiger partial charge in [-0.1, -0.05) is 90.1 Å². The fraction of sp³-hybridized carbons (Fsp3) is 0.379. The first-order chi connectivity index (χ1) is 15.5. The van der Waals surface area contributed by atoms with Crippen molar-refractivity contribution < 1.29 is 5.11 Å². The average Bonchev–Trinajstić information content (AvgIpc) is 3.18. The molecule has 0 saturated heterocycles. The van der Waals surface area contributed by atoms with Gasteiger partial charge in [0.1, 0.15) is 22.5 Å². The molecule has 1 heterocycles. The molecule has 0 radical (unpaired) electrons. The number of aromatic hydroxyl groups is 1. The Bertz CT molecular complexity index is 1220. The van der Waals surface area contributed by atoms with Crippen LogP contribution in [0.5, 0.6) is 5.75 Å². The van der Waals surface area contributed by atoms with Crippen LogP contribution in [-0.4, -0.2) is 20.1 Å². The fourth-order valence-corrected chi connectivity index (χ4v) is 5.00. The van der Waals surface area contributed by atoms with Gasteiger partial charge in [-0.25, -0.2) is 0 Å². The lowest BCUT2D eigenvalue weighted by atomic mass is 9.71. The van der Waals surface area contributed by atoms with Crippen molar-refractivity contribution in [2.45, 2.75) is 65.7 Å². The lowest BCUT2D eigenvalue weighted by Crippen LogP contribution is -2.25. The Morgan fingerprint density at radius 1 is 0.848 bits per heavy atom. The van der Waals surface area contributed by atoms with Gasteiger partial charge in [-0.15, -0.1) is 15.0 Å². The van der Waals surface area contributed by atoms with Gasteiger partial charge in [0.05, 0.1) is 0 Å². The van der Waals surface area contributed by atoms with Gasteiger partial charge in [0, 0.05) is 0 Å². The number of nitrogens with zero attached hydrogens (tertiary/aromatic N) is 3. The van der Waals surface area contributed by atoms with Gasteiger partial charge in [-0.3, -0.25) is 0 Å². The lowest BCUT2D eigenvalue weighted by Gasteiger charge is -2.34. The van der Waals surface area contributed by atoms with E-state index in [1.165, 1.54) is 11.1 Å². The van der Waals surface area contributed by atoms with Crippen LogP contribution in [0, 0.1) is 5.41 Å². The summed E-state index contributed by atoms with van der Waals surface area (Å²) >= 11 is 0. The molecule has 0 spiro atoms. The van der Waals surface area contributed by atoms with E-state index in [0.29, 0.717) is 5.69 Å². The lowest BCUT2D eigenvalue weighted by molar-refractivity contribution is 0.283. The maximum absolute atomic E-state index is 11.4. The van der Waals surface area contributed by atoms with E-state index in [-0.39, 0.29) is 22.5 Å². The minimum absolute atomic E-state index is 0.0714. The Labute approximate surface area is 197 Å². The number of phenols is 1. The highest BCUT2D eigenvalue weighted by Gasteiger charge is 2.29. The second-order valence-corrected chi connectivity index (χ2v) is 11.1. The molecule has 33 heavy (non-hydrogen) atoms. The molecule has 4 aromatic rings. The average molecular weight is 442 g/mol. The van der Waals surface area contributed by atoms with Crippen LogP contribution in [0.3, 0.4) is 0 Å². The fourth-order valence-electron chi connectivity index (χ4n) is 5.00. The molecule has 0 unspecified atom stereocenters. The standard InChI is InChI=1S/C29H35N3O/c1-20(21-12-8-7-9-13-21)16-22-17-23(29(5,6)19-28(2,3)4)18-26(27(22)33)32-30-24-14-10-11-15-25(24)31-32/h7-15,17-18,20,33H,16,19H2,1-6H3/t20-/m1/s1. The summed E-state index contributed by atoms with van der Waals surface area (Å²) in [5.74, 6) is 0.531. The van der Waals surface area contributed by atoms with Gasteiger partial charge in [-0.2, -0.15) is 0 Å². The number of phenolic OH excluding ortho intramolecular Hbond substituents is 1. The van der Waals surface area contributed by atoms with Crippen LogP contribution >= 0.6 is 0 Å². The third-order valence-electron chi connectivity index (χ3n) is 6.32. The van der Waals surface area contributed by atoms with E-state index in [4.69, 9.17) is 0 Å². The molecule has 4 heteroatoms. The normalized spacial score (nSPS) is 13.4. The van der Waals surface area contributed by atoms with Crippen molar-refractivity contribution in [3.05, 3.63) is 83.4 Å². The third kappa shape index (κ3) is 5.11. The molecule has 4 rings (SSSR count). The number of hydrogen-bond donors (Lipinski definition) is 1. The van der Waals surface area contributed by atoms with Crippen LogP contribution in [0.1, 0.15) is 70.6 Å². The summed E-state index contributed by atoms with van der Waals surface area (Å²) in [6, 6.07) is 22.5. The van der Waals surface area contributed by atoms with Crippen molar-refractivity contribution in [2.75, 3.05) is 0 Å². The minimum atomic E-state index is -0.0714. The Kier molecular flexibility index (Phi) is 6.04. The summed E-state index contributed by atoms with van der Waals surface area (Å²) in [5, 5.41) is 20.7. The number of rotatable bonds is 6. The summed E-state index contributed by atoms with van der Waals surface area (Å²) in [5.41, 5.74) is 5.77. The van der Waals surface area contributed by atoms with Crippen molar-refractivity contribution in [3.63, 3.8) is 0 Å². The number of benzene rings is 3. The van der Waals surface area contributed by atoms with Gasteiger partial charge in [0.15, 0.2) is 0 Å². The second-order valence-electron chi connectivity index (χ2n) is 11.1. The predicted octanol–water partition coefficient (Wildman–Crippen LogP) is 7.19. The largest absolute Gasteiger partial charge is 0.505 e. The quantitative estimate of drug-likeness (QED) is 0.344. The van der Waals surface area contributed by atoms with E-state index in [1.807, 2.05) is 30.3 Å². The van der Waals surface area contributed by atoms with E-state index < -0.39 is 0 Å². The molecule has 172 valence electrons. The molecule has 0 amide bonds. The maximum atomic E-state index is 11.4. The van der Waals surface area contributed by atoms with Crippen LogP contribution in [-0.2, 0) is 11.8 Å². The SMILES string of the molecule is C[C@H](Cc1cc(C(C)(C)CC(C)(C)C)cc(-n2nc3ccccc3n2)c1O)c1ccccc1. The molecule has 1 aromatic heterocycles. The third-order valence-corrected chi connectivity index (χ3v) is 6.32. The number of hydrogen-bond acceptors (Lipinski definition) is 3. The highest BCUT2D eigenvalue weighted by atomic mass is 16.3. The molecule has 0 saturated carbocycles. The van der Waals surface area contributed by atoms with Crippen molar-refractivity contribution in [1.82, 2.24) is 15.0 Å². The molecular formula is C29H35N3O. The van der Waals surface area contributed by atoms with Crippen LogP contribution in [0.15, 0.2) is 66.7 Å². The summed E-state index contributed by atoms with van der Waals surface area (Å²) in [6.07, 6.45) is 1.76. The molecule has 1 N–H and O–H groups in total. The summed E-state index contributed by atoms with van der Waals surface area (Å²) in [6.45, 7) is 13.6. The Morgan fingerprint density at radius 2 is 1.42 bits per heavy atom. The minimum Gasteiger partial charge on any atom is -0.505 e. The molecule has 0 aliphatic rings. The molecular weight excluding hydrogens is 406 g/mol. The van der Waals surface area contributed by atoms with E-state index >= 15 is 0 Å². The second kappa shape index (κ2) is 8.66. The summed E-state index contributed by atoms with van der Waals surface area (Å²) in [4.78, 5) is 1.59. The smallest absolute Gasteiger partial charge is 0.146 e. The topological polar surface area (TPSA) is 50.9 Å². The Balaban J connectivity index is 1.83. The van der Waals surface area contributed by atoms with Gasteiger partial charge in [-0.05, 0) is 64.5 Å².